The number of carbonyl (C=O) groups excluding carboxylic acids is 1. The minimum atomic E-state index is -4.35. The van der Waals surface area contributed by atoms with E-state index in [1.165, 1.54) is 12.1 Å². The zero-order valence-corrected chi connectivity index (χ0v) is 17.9. The number of benzene rings is 2. The Morgan fingerprint density at radius 2 is 1.84 bits per heavy atom. The van der Waals surface area contributed by atoms with Gasteiger partial charge in [0.15, 0.2) is 0 Å². The Balaban J connectivity index is 1.65. The molecule has 0 aliphatic carbocycles. The number of amides is 1. The molecule has 1 heterocycles. The number of fused-ring (bicyclic) bond motifs is 1. The second-order valence-corrected chi connectivity index (χ2v) is 8.49. The van der Waals surface area contributed by atoms with Crippen LogP contribution in [0.1, 0.15) is 56.7 Å². The summed E-state index contributed by atoms with van der Waals surface area (Å²) in [5, 5.41) is 13.1. The average molecular weight is 433 g/mol. The Labute approximate surface area is 181 Å². The van der Waals surface area contributed by atoms with Crippen LogP contribution in [0.5, 0.6) is 0 Å². The van der Waals surface area contributed by atoms with E-state index in [9.17, 15) is 23.0 Å². The highest BCUT2D eigenvalue weighted by atomic mass is 19.4. The Morgan fingerprint density at radius 3 is 2.45 bits per heavy atom. The van der Waals surface area contributed by atoms with E-state index in [0.717, 1.165) is 29.7 Å². The van der Waals surface area contributed by atoms with E-state index in [1.807, 2.05) is 26.8 Å². The molecule has 2 aromatic rings. The van der Waals surface area contributed by atoms with Crippen LogP contribution in [-0.4, -0.2) is 18.0 Å². The second-order valence-electron chi connectivity index (χ2n) is 8.49. The first-order valence-electron chi connectivity index (χ1n) is 10.5. The van der Waals surface area contributed by atoms with E-state index in [4.69, 9.17) is 4.65 Å². The van der Waals surface area contributed by atoms with Gasteiger partial charge in [0.2, 0.25) is 5.91 Å². The smallest absolute Gasteiger partial charge is 0.423 e. The molecule has 0 aromatic heterocycles. The highest BCUT2D eigenvalue weighted by Crippen LogP contribution is 2.31. The van der Waals surface area contributed by atoms with E-state index >= 15 is 0 Å². The number of hydrogen-bond acceptors (Lipinski definition) is 3. The van der Waals surface area contributed by atoms with Crippen LogP contribution >= 0.6 is 0 Å². The maximum Gasteiger partial charge on any atom is 0.492 e. The summed E-state index contributed by atoms with van der Waals surface area (Å²) in [5.41, 5.74) is 1.60. The third-order valence-electron chi connectivity index (χ3n) is 5.71. The lowest BCUT2D eigenvalue weighted by Crippen LogP contribution is -2.29. The molecule has 0 saturated heterocycles. The Kier molecular flexibility index (Phi) is 6.81. The number of aryl methyl sites for hydroxylation is 1. The quantitative estimate of drug-likeness (QED) is 0.626. The summed E-state index contributed by atoms with van der Waals surface area (Å²) >= 11 is 0. The molecule has 2 aromatic carbocycles. The molecule has 0 spiro atoms. The van der Waals surface area contributed by atoms with Crippen LogP contribution < -0.4 is 10.8 Å². The van der Waals surface area contributed by atoms with Crippen molar-refractivity contribution in [3.8, 4) is 0 Å². The van der Waals surface area contributed by atoms with Crippen molar-refractivity contribution in [3.05, 3.63) is 59.2 Å². The third-order valence-corrected chi connectivity index (χ3v) is 5.71. The molecular weight excluding hydrogens is 406 g/mol. The molecule has 31 heavy (non-hydrogen) atoms. The van der Waals surface area contributed by atoms with Gasteiger partial charge in [-0.15, -0.1) is 0 Å². The number of nitrogens with one attached hydrogen (secondary N) is 1. The lowest BCUT2D eigenvalue weighted by atomic mass is 9.78. The van der Waals surface area contributed by atoms with Gasteiger partial charge in [-0.25, -0.2) is 0 Å². The molecule has 0 radical (unpaired) electrons. The minimum absolute atomic E-state index is 0.138. The molecule has 1 aliphatic rings. The number of carbonyl (C=O) groups is 1. The summed E-state index contributed by atoms with van der Waals surface area (Å²) in [5.74, 6) is -0.403. The minimum Gasteiger partial charge on any atom is -0.423 e. The molecule has 0 bridgehead atoms. The van der Waals surface area contributed by atoms with Crippen molar-refractivity contribution in [1.29, 1.82) is 0 Å². The molecule has 8 heteroatoms. The van der Waals surface area contributed by atoms with E-state index < -0.39 is 24.5 Å². The summed E-state index contributed by atoms with van der Waals surface area (Å²) in [7, 11) is -1.03. The summed E-state index contributed by atoms with van der Waals surface area (Å²) in [6.07, 6.45) is -1.81. The molecule has 0 fully saturated rings. The SMILES string of the molecule is CCCC(CCc1ccc(C(F)(F)F)cc1)C(=O)Nc1ccc2c(c1)B(O)OC2(C)C. The van der Waals surface area contributed by atoms with Crippen LogP contribution in [-0.2, 0) is 27.6 Å². The summed E-state index contributed by atoms with van der Waals surface area (Å²) < 4.78 is 43.7. The lowest BCUT2D eigenvalue weighted by molar-refractivity contribution is -0.137. The largest absolute Gasteiger partial charge is 0.492 e. The predicted octanol–water partition coefficient (Wildman–Crippen LogP) is 4.65. The van der Waals surface area contributed by atoms with Crippen LogP contribution in [0.25, 0.3) is 0 Å². The maximum atomic E-state index is 12.9. The van der Waals surface area contributed by atoms with Crippen LogP contribution in [0.15, 0.2) is 42.5 Å². The van der Waals surface area contributed by atoms with Gasteiger partial charge in [-0.2, -0.15) is 13.2 Å². The molecule has 166 valence electrons. The molecule has 4 nitrogen and oxygen atoms in total. The number of alkyl halides is 3. The van der Waals surface area contributed by atoms with Crippen LogP contribution in [0, 0.1) is 5.92 Å². The number of halogens is 3. The van der Waals surface area contributed by atoms with E-state index in [0.29, 0.717) is 30.4 Å². The summed E-state index contributed by atoms with van der Waals surface area (Å²) in [6, 6.07) is 10.4. The number of hydrogen-bond donors (Lipinski definition) is 2. The Bertz CT molecular complexity index is 929. The zero-order valence-electron chi connectivity index (χ0n) is 17.9. The molecular formula is C23H27BF3NO3. The molecule has 2 N–H and O–H groups in total. The van der Waals surface area contributed by atoms with Crippen molar-refractivity contribution in [3.63, 3.8) is 0 Å². The zero-order chi connectivity index (χ0) is 22.8. The van der Waals surface area contributed by atoms with Gasteiger partial charge in [-0.3, -0.25) is 4.79 Å². The van der Waals surface area contributed by atoms with E-state index in [-0.39, 0.29) is 11.8 Å². The molecule has 1 unspecified atom stereocenters. The topological polar surface area (TPSA) is 58.6 Å². The highest BCUT2D eigenvalue weighted by molar-refractivity contribution is 6.62. The van der Waals surface area contributed by atoms with Gasteiger partial charge in [-0.05, 0) is 74.0 Å². The first-order chi connectivity index (χ1) is 14.5. The normalized spacial score (nSPS) is 16.2. The van der Waals surface area contributed by atoms with Gasteiger partial charge in [0.1, 0.15) is 0 Å². The first kappa shape index (κ1) is 23.4. The standard InChI is InChI=1S/C23H27BF3NO3/c1-4-5-16(9-6-15-7-10-17(11-8-15)23(25,26)27)21(29)28-18-12-13-19-20(14-18)24(30)31-22(19,2)3/h7-8,10-14,16,30H,4-6,9H2,1-3H3,(H,28,29). The molecule has 1 atom stereocenters. The fourth-order valence-corrected chi connectivity index (χ4v) is 4.00. The van der Waals surface area contributed by atoms with Crippen LogP contribution in [0.3, 0.4) is 0 Å². The van der Waals surface area contributed by atoms with E-state index in [1.54, 1.807) is 12.1 Å². The van der Waals surface area contributed by atoms with Crippen LogP contribution in [0.2, 0.25) is 0 Å². The third kappa shape index (κ3) is 5.49. The van der Waals surface area contributed by atoms with Crippen molar-refractivity contribution < 1.29 is 27.6 Å². The van der Waals surface area contributed by atoms with Crippen molar-refractivity contribution in [2.45, 2.75) is 58.2 Å². The van der Waals surface area contributed by atoms with Crippen molar-refractivity contribution in [2.75, 3.05) is 5.32 Å². The lowest BCUT2D eigenvalue weighted by Gasteiger charge is -2.20. The molecule has 0 saturated carbocycles. The number of anilines is 1. The average Bonchev–Trinajstić information content (AvgIpc) is 2.92. The fraction of sp³-hybridized carbons (Fsp3) is 0.435. The van der Waals surface area contributed by atoms with Gasteiger partial charge in [0.05, 0.1) is 11.2 Å². The van der Waals surface area contributed by atoms with Gasteiger partial charge in [0.25, 0.3) is 0 Å². The predicted molar refractivity (Wildman–Crippen MR) is 115 cm³/mol. The van der Waals surface area contributed by atoms with Crippen molar-refractivity contribution in [2.24, 2.45) is 5.92 Å². The van der Waals surface area contributed by atoms with Crippen molar-refractivity contribution >= 4 is 24.2 Å². The highest BCUT2D eigenvalue weighted by Gasteiger charge is 2.40. The summed E-state index contributed by atoms with van der Waals surface area (Å²) in [6.45, 7) is 5.74. The first-order valence-corrected chi connectivity index (χ1v) is 10.5. The second kappa shape index (κ2) is 9.05. The van der Waals surface area contributed by atoms with Crippen LogP contribution in [0.4, 0.5) is 18.9 Å². The monoisotopic (exact) mass is 433 g/mol. The molecule has 3 rings (SSSR count). The van der Waals surface area contributed by atoms with Crippen molar-refractivity contribution in [1.82, 2.24) is 0 Å². The Hall–Kier alpha value is -2.32. The van der Waals surface area contributed by atoms with Gasteiger partial charge in [-0.1, -0.05) is 31.5 Å². The maximum absolute atomic E-state index is 12.9. The molecule has 1 aliphatic heterocycles. The molecule has 1 amide bonds. The summed E-state index contributed by atoms with van der Waals surface area (Å²) in [4.78, 5) is 12.9. The van der Waals surface area contributed by atoms with Gasteiger partial charge >= 0.3 is 13.3 Å². The number of rotatable bonds is 7. The van der Waals surface area contributed by atoms with E-state index in [2.05, 4.69) is 5.32 Å². The van der Waals surface area contributed by atoms with Gasteiger partial charge < -0.3 is 15.0 Å². The van der Waals surface area contributed by atoms with Gasteiger partial charge in [0, 0.05) is 11.6 Å². The fourth-order valence-electron chi connectivity index (χ4n) is 4.00. The Morgan fingerprint density at radius 1 is 1.16 bits per heavy atom.